The van der Waals surface area contributed by atoms with E-state index in [2.05, 4.69) is 65.5 Å². The molecule has 2 aromatic rings. The molecule has 1 aliphatic heterocycles. The normalized spacial score (nSPS) is 18.0. The van der Waals surface area contributed by atoms with E-state index in [1.165, 1.54) is 20.9 Å². The summed E-state index contributed by atoms with van der Waals surface area (Å²) in [5.41, 5.74) is 2.55. The quantitative estimate of drug-likeness (QED) is 0.416. The lowest BCUT2D eigenvalue weighted by atomic mass is 10.0. The van der Waals surface area contributed by atoms with E-state index in [9.17, 15) is 0 Å². The highest BCUT2D eigenvalue weighted by Crippen LogP contribution is 2.25. The summed E-state index contributed by atoms with van der Waals surface area (Å²) in [6.45, 7) is 7.51. The number of aliphatic imine (C=N–C) groups is 1. The summed E-state index contributed by atoms with van der Waals surface area (Å²) in [6, 6.07) is 12.8. The molecule has 4 nitrogen and oxygen atoms in total. The van der Waals surface area contributed by atoms with E-state index in [4.69, 9.17) is 4.74 Å². The molecule has 6 heteroatoms. The number of nitrogens with zero attached hydrogens (tertiary/aromatic N) is 2. The largest absolute Gasteiger partial charge is 0.370 e. The molecule has 136 valence electrons. The molecule has 0 bridgehead atoms. The predicted molar refractivity (Wildman–Crippen MR) is 116 cm³/mol. The molecule has 25 heavy (non-hydrogen) atoms. The lowest BCUT2D eigenvalue weighted by Gasteiger charge is -2.35. The molecule has 0 saturated carbocycles. The zero-order valence-corrected chi connectivity index (χ0v) is 18.1. The van der Waals surface area contributed by atoms with E-state index in [0.29, 0.717) is 0 Å². The molecule has 1 saturated heterocycles. The first-order valence-corrected chi connectivity index (χ1v) is 9.17. The van der Waals surface area contributed by atoms with Gasteiger partial charge in [0.25, 0.3) is 0 Å². The maximum Gasteiger partial charge on any atom is 0.194 e. The van der Waals surface area contributed by atoms with Gasteiger partial charge in [0.1, 0.15) is 6.10 Å². The van der Waals surface area contributed by atoms with Gasteiger partial charge in [-0.1, -0.05) is 24.3 Å². The fourth-order valence-electron chi connectivity index (χ4n) is 3.06. The monoisotopic (exact) mass is 471 g/mol. The van der Waals surface area contributed by atoms with Gasteiger partial charge in [-0.2, -0.15) is 0 Å². The van der Waals surface area contributed by atoms with E-state index in [0.717, 1.165) is 32.2 Å². The first-order valence-electron chi connectivity index (χ1n) is 8.35. The van der Waals surface area contributed by atoms with Crippen LogP contribution in [0.4, 0.5) is 0 Å². The molecule has 1 fully saturated rings. The first kappa shape index (κ1) is 20.2. The number of thiophene rings is 1. The Kier molecular flexibility index (Phi) is 7.71. The molecule has 0 spiro atoms. The van der Waals surface area contributed by atoms with Gasteiger partial charge in [0.15, 0.2) is 5.96 Å². The number of hydrogen-bond acceptors (Lipinski definition) is 3. The van der Waals surface area contributed by atoms with Gasteiger partial charge in [-0.15, -0.1) is 35.3 Å². The second-order valence-electron chi connectivity index (χ2n) is 6.08. The lowest BCUT2D eigenvalue weighted by molar-refractivity contribution is -0.00833. The second kappa shape index (κ2) is 9.54. The van der Waals surface area contributed by atoms with Crippen LogP contribution in [0, 0.1) is 13.8 Å². The van der Waals surface area contributed by atoms with Crippen LogP contribution in [0.25, 0.3) is 0 Å². The van der Waals surface area contributed by atoms with Gasteiger partial charge in [0.05, 0.1) is 19.7 Å². The Labute approximate surface area is 171 Å². The van der Waals surface area contributed by atoms with Crippen LogP contribution in [-0.2, 0) is 11.3 Å². The van der Waals surface area contributed by atoms with Crippen LogP contribution >= 0.6 is 35.3 Å². The number of benzene rings is 1. The molecule has 2 heterocycles. The molecule has 1 aliphatic rings. The molecule has 0 aliphatic carbocycles. The average Bonchev–Trinajstić information content (AvgIpc) is 3.01. The number of halogens is 1. The van der Waals surface area contributed by atoms with Gasteiger partial charge < -0.3 is 15.0 Å². The van der Waals surface area contributed by atoms with Crippen molar-refractivity contribution >= 4 is 41.3 Å². The van der Waals surface area contributed by atoms with Gasteiger partial charge in [-0.05, 0) is 37.1 Å². The van der Waals surface area contributed by atoms with Gasteiger partial charge in [0.2, 0.25) is 0 Å². The summed E-state index contributed by atoms with van der Waals surface area (Å²) in [4.78, 5) is 9.43. The molecule has 1 aromatic heterocycles. The summed E-state index contributed by atoms with van der Waals surface area (Å²) in [5, 5.41) is 3.49. The maximum atomic E-state index is 6.01. The van der Waals surface area contributed by atoms with Crippen LogP contribution in [0.3, 0.4) is 0 Å². The second-order valence-corrected chi connectivity index (χ2v) is 7.45. The highest BCUT2D eigenvalue weighted by molar-refractivity contribution is 14.0. The van der Waals surface area contributed by atoms with Crippen LogP contribution in [0.15, 0.2) is 41.4 Å². The predicted octanol–water partition coefficient (Wildman–Crippen LogP) is 4.13. The van der Waals surface area contributed by atoms with Crippen molar-refractivity contribution in [3.05, 3.63) is 57.3 Å². The molecule has 1 unspecified atom stereocenters. The van der Waals surface area contributed by atoms with E-state index in [1.54, 1.807) is 0 Å². The fourth-order valence-corrected chi connectivity index (χ4v) is 3.89. The lowest BCUT2D eigenvalue weighted by Crippen LogP contribution is -2.48. The Morgan fingerprint density at radius 1 is 1.28 bits per heavy atom. The van der Waals surface area contributed by atoms with Crippen molar-refractivity contribution < 1.29 is 4.74 Å². The number of aryl methyl sites for hydroxylation is 2. The topological polar surface area (TPSA) is 36.9 Å². The van der Waals surface area contributed by atoms with Crippen LogP contribution in [-0.4, -0.2) is 37.6 Å². The van der Waals surface area contributed by atoms with E-state index in [1.807, 2.05) is 18.4 Å². The molecular weight excluding hydrogens is 445 g/mol. The third-order valence-corrected chi connectivity index (χ3v) is 5.33. The average molecular weight is 471 g/mol. The summed E-state index contributed by atoms with van der Waals surface area (Å²) in [5.74, 6) is 0.947. The van der Waals surface area contributed by atoms with Crippen molar-refractivity contribution in [2.24, 2.45) is 4.99 Å². The Balaban J connectivity index is 0.00000225. The van der Waals surface area contributed by atoms with Gasteiger partial charge in [-0.3, -0.25) is 4.99 Å². The standard InChI is InChI=1S/C19H25N3OS.HI/c1-14-6-4-5-7-17(14)18-13-22(10-11-23-18)19(20-3)21-12-16-9-8-15(2)24-16;/h4-9,18H,10-13H2,1-3H3,(H,20,21);1H. The minimum Gasteiger partial charge on any atom is -0.370 e. The molecule has 3 rings (SSSR count). The molecule has 0 amide bonds. The van der Waals surface area contributed by atoms with Crippen molar-refractivity contribution in [3.63, 3.8) is 0 Å². The zero-order chi connectivity index (χ0) is 16.9. The van der Waals surface area contributed by atoms with Crippen LogP contribution in [0.5, 0.6) is 0 Å². The minimum atomic E-state index is 0. The molecule has 1 N–H and O–H groups in total. The maximum absolute atomic E-state index is 6.01. The summed E-state index contributed by atoms with van der Waals surface area (Å²) < 4.78 is 6.01. The summed E-state index contributed by atoms with van der Waals surface area (Å²) in [6.07, 6.45) is 0.0995. The minimum absolute atomic E-state index is 0. The van der Waals surface area contributed by atoms with Crippen molar-refractivity contribution in [1.82, 2.24) is 10.2 Å². The number of ether oxygens (including phenoxy) is 1. The molecule has 1 aromatic carbocycles. The number of morpholine rings is 1. The Hall–Kier alpha value is -1.12. The molecule has 0 radical (unpaired) electrons. The summed E-state index contributed by atoms with van der Waals surface area (Å²) in [7, 11) is 1.85. The van der Waals surface area contributed by atoms with E-state index < -0.39 is 0 Å². The van der Waals surface area contributed by atoms with Crippen molar-refractivity contribution in [3.8, 4) is 0 Å². The van der Waals surface area contributed by atoms with Crippen LogP contribution in [0.2, 0.25) is 0 Å². The molecular formula is C19H26IN3OS. The summed E-state index contributed by atoms with van der Waals surface area (Å²) >= 11 is 1.83. The fraction of sp³-hybridized carbons (Fsp3) is 0.421. The van der Waals surface area contributed by atoms with Crippen molar-refractivity contribution in [2.75, 3.05) is 26.7 Å². The van der Waals surface area contributed by atoms with E-state index >= 15 is 0 Å². The highest BCUT2D eigenvalue weighted by Gasteiger charge is 2.25. The van der Waals surface area contributed by atoms with Gasteiger partial charge in [-0.25, -0.2) is 0 Å². The van der Waals surface area contributed by atoms with Crippen molar-refractivity contribution in [1.29, 1.82) is 0 Å². The Morgan fingerprint density at radius 2 is 2.08 bits per heavy atom. The highest BCUT2D eigenvalue weighted by atomic mass is 127. The number of rotatable bonds is 3. The first-order chi connectivity index (χ1) is 11.7. The van der Waals surface area contributed by atoms with Crippen LogP contribution < -0.4 is 5.32 Å². The van der Waals surface area contributed by atoms with Gasteiger partial charge in [0, 0.05) is 23.3 Å². The molecule has 1 atom stereocenters. The van der Waals surface area contributed by atoms with Crippen molar-refractivity contribution in [2.45, 2.75) is 26.5 Å². The van der Waals surface area contributed by atoms with Crippen LogP contribution in [0.1, 0.15) is 27.0 Å². The Morgan fingerprint density at radius 3 is 2.76 bits per heavy atom. The van der Waals surface area contributed by atoms with Gasteiger partial charge >= 0.3 is 0 Å². The number of nitrogens with one attached hydrogen (secondary N) is 1. The smallest absolute Gasteiger partial charge is 0.194 e. The zero-order valence-electron chi connectivity index (χ0n) is 15.0. The van der Waals surface area contributed by atoms with E-state index in [-0.39, 0.29) is 30.1 Å². The Bertz CT molecular complexity index is 716. The number of hydrogen-bond donors (Lipinski definition) is 1. The third kappa shape index (κ3) is 5.18. The number of guanidine groups is 1. The SMILES string of the molecule is CN=C(NCc1ccc(C)s1)N1CCOC(c2ccccc2C)C1.I. The third-order valence-electron chi connectivity index (χ3n) is 4.33.